The predicted molar refractivity (Wildman–Crippen MR) is 70.5 cm³/mol. The van der Waals surface area contributed by atoms with Gasteiger partial charge in [0, 0.05) is 19.4 Å². The normalized spacial score (nSPS) is 27.2. The molecule has 2 saturated carbocycles. The highest BCUT2D eigenvalue weighted by Crippen LogP contribution is 2.38. The zero-order valence-corrected chi connectivity index (χ0v) is 11.2. The molecule has 0 bridgehead atoms. The zero-order valence-electron chi connectivity index (χ0n) is 11.2. The van der Waals surface area contributed by atoms with E-state index >= 15 is 0 Å². The molecule has 2 fully saturated rings. The Morgan fingerprint density at radius 3 is 2.79 bits per heavy atom. The maximum Gasteiger partial charge on any atom is 0.254 e. The number of aromatic nitrogens is 2. The molecular weight excluding hydrogens is 244 g/mol. The van der Waals surface area contributed by atoms with Crippen LogP contribution in [-0.4, -0.2) is 29.3 Å². The molecule has 5 nitrogen and oxygen atoms in total. The minimum absolute atomic E-state index is 0.111. The van der Waals surface area contributed by atoms with Crippen molar-refractivity contribution in [2.24, 2.45) is 0 Å². The summed E-state index contributed by atoms with van der Waals surface area (Å²) in [7, 11) is 1.74. The molecule has 2 aliphatic rings. The summed E-state index contributed by atoms with van der Waals surface area (Å²) in [4.78, 5) is 18.8. The molecule has 0 spiro atoms. The number of aromatic amines is 1. The van der Waals surface area contributed by atoms with Crippen molar-refractivity contribution in [3.8, 4) is 5.88 Å². The summed E-state index contributed by atoms with van der Waals surface area (Å²) in [6.07, 6.45) is 6.68. The first-order chi connectivity index (χ1) is 9.24. The van der Waals surface area contributed by atoms with Crippen LogP contribution in [0.1, 0.15) is 50.3 Å². The van der Waals surface area contributed by atoms with E-state index in [9.17, 15) is 4.79 Å². The Morgan fingerprint density at radius 1 is 1.26 bits per heavy atom. The average Bonchev–Trinajstić information content (AvgIpc) is 3.22. The van der Waals surface area contributed by atoms with E-state index in [4.69, 9.17) is 9.47 Å². The summed E-state index contributed by atoms with van der Waals surface area (Å²) in [6, 6.07) is 1.45. The lowest BCUT2D eigenvalue weighted by atomic mass is 9.95. The van der Waals surface area contributed by atoms with E-state index in [0.29, 0.717) is 11.8 Å². The standard InChI is InChI=1S/C14H20N2O3/c1-18-10-3-2-4-11(7-10)19-13-8-12(17)15-14(16-13)9-5-6-9/h8-11H,2-7H2,1H3,(H,15,16,17). The minimum Gasteiger partial charge on any atom is -0.474 e. The molecule has 2 unspecified atom stereocenters. The first-order valence-electron chi connectivity index (χ1n) is 7.05. The highest BCUT2D eigenvalue weighted by atomic mass is 16.5. The molecule has 104 valence electrons. The van der Waals surface area contributed by atoms with Gasteiger partial charge in [-0.2, -0.15) is 4.98 Å². The fraction of sp³-hybridized carbons (Fsp3) is 0.714. The maximum atomic E-state index is 11.6. The topological polar surface area (TPSA) is 64.2 Å². The smallest absolute Gasteiger partial charge is 0.254 e. The average molecular weight is 264 g/mol. The van der Waals surface area contributed by atoms with Gasteiger partial charge in [-0.05, 0) is 32.1 Å². The number of methoxy groups -OCH3 is 1. The Labute approximate surface area is 112 Å². The maximum absolute atomic E-state index is 11.6. The zero-order chi connectivity index (χ0) is 13.2. The SMILES string of the molecule is COC1CCCC(Oc2cc(=O)[nH]c(C3CC3)n2)C1. The molecule has 0 aromatic carbocycles. The molecule has 5 heteroatoms. The van der Waals surface area contributed by atoms with Crippen LogP contribution in [0.15, 0.2) is 10.9 Å². The predicted octanol–water partition coefficient (Wildman–Crippen LogP) is 1.98. The van der Waals surface area contributed by atoms with Crippen molar-refractivity contribution < 1.29 is 9.47 Å². The number of nitrogens with zero attached hydrogens (tertiary/aromatic N) is 1. The summed E-state index contributed by atoms with van der Waals surface area (Å²) in [5.41, 5.74) is -0.119. The van der Waals surface area contributed by atoms with Gasteiger partial charge >= 0.3 is 0 Å². The second kappa shape index (κ2) is 5.33. The van der Waals surface area contributed by atoms with Gasteiger partial charge < -0.3 is 14.5 Å². The molecule has 1 aromatic heterocycles. The number of H-pyrrole nitrogens is 1. The van der Waals surface area contributed by atoms with E-state index < -0.39 is 0 Å². The van der Waals surface area contributed by atoms with E-state index in [1.165, 1.54) is 6.07 Å². The lowest BCUT2D eigenvalue weighted by Crippen LogP contribution is -2.30. The van der Waals surface area contributed by atoms with Crippen molar-refractivity contribution in [1.82, 2.24) is 9.97 Å². The van der Waals surface area contributed by atoms with Crippen LogP contribution in [0.5, 0.6) is 5.88 Å². The van der Waals surface area contributed by atoms with Gasteiger partial charge in [-0.15, -0.1) is 0 Å². The summed E-state index contributed by atoms with van der Waals surface area (Å²) in [6.45, 7) is 0. The third-order valence-corrected chi connectivity index (χ3v) is 3.90. The Hall–Kier alpha value is -1.36. The van der Waals surface area contributed by atoms with Gasteiger partial charge in [0.1, 0.15) is 11.9 Å². The van der Waals surface area contributed by atoms with E-state index in [1.807, 2.05) is 0 Å². The summed E-state index contributed by atoms with van der Waals surface area (Å²) in [5.74, 6) is 1.67. The molecule has 2 atom stereocenters. The Morgan fingerprint density at radius 2 is 2.05 bits per heavy atom. The molecule has 19 heavy (non-hydrogen) atoms. The van der Waals surface area contributed by atoms with Gasteiger partial charge in [0.25, 0.3) is 5.56 Å². The molecule has 0 saturated heterocycles. The van der Waals surface area contributed by atoms with Gasteiger partial charge in [0.2, 0.25) is 5.88 Å². The highest BCUT2D eigenvalue weighted by molar-refractivity contribution is 5.14. The van der Waals surface area contributed by atoms with Crippen LogP contribution < -0.4 is 10.3 Å². The lowest BCUT2D eigenvalue weighted by molar-refractivity contribution is 0.0193. The second-order valence-corrected chi connectivity index (χ2v) is 5.51. The molecule has 3 rings (SSSR count). The van der Waals surface area contributed by atoms with Crippen molar-refractivity contribution in [2.45, 2.75) is 56.7 Å². The van der Waals surface area contributed by atoms with Gasteiger partial charge in [-0.25, -0.2) is 0 Å². The van der Waals surface area contributed by atoms with Gasteiger partial charge in [0.15, 0.2) is 0 Å². The van der Waals surface area contributed by atoms with Crippen LogP contribution in [0.3, 0.4) is 0 Å². The van der Waals surface area contributed by atoms with Crippen LogP contribution >= 0.6 is 0 Å². The number of rotatable bonds is 4. The van der Waals surface area contributed by atoms with Crippen LogP contribution in [0, 0.1) is 0 Å². The van der Waals surface area contributed by atoms with Crippen molar-refractivity contribution in [3.63, 3.8) is 0 Å². The molecule has 1 N–H and O–H groups in total. The van der Waals surface area contributed by atoms with Crippen molar-refractivity contribution >= 4 is 0 Å². The van der Waals surface area contributed by atoms with Crippen molar-refractivity contribution in [3.05, 3.63) is 22.2 Å². The second-order valence-electron chi connectivity index (χ2n) is 5.51. The molecule has 0 radical (unpaired) electrons. The quantitative estimate of drug-likeness (QED) is 0.903. The number of nitrogens with one attached hydrogen (secondary N) is 1. The number of hydrogen-bond acceptors (Lipinski definition) is 4. The Bertz CT molecular complexity index is 496. The number of hydrogen-bond donors (Lipinski definition) is 1. The third-order valence-electron chi connectivity index (χ3n) is 3.90. The summed E-state index contributed by atoms with van der Waals surface area (Å²) >= 11 is 0. The van der Waals surface area contributed by atoms with Crippen molar-refractivity contribution in [1.29, 1.82) is 0 Å². The van der Waals surface area contributed by atoms with Gasteiger partial charge in [0.05, 0.1) is 12.2 Å². The van der Waals surface area contributed by atoms with Crippen LogP contribution in [0.2, 0.25) is 0 Å². The van der Waals surface area contributed by atoms with E-state index in [0.717, 1.165) is 44.3 Å². The van der Waals surface area contributed by atoms with Crippen molar-refractivity contribution in [2.75, 3.05) is 7.11 Å². The van der Waals surface area contributed by atoms with Gasteiger partial charge in [-0.3, -0.25) is 4.79 Å². The molecule has 0 aliphatic heterocycles. The van der Waals surface area contributed by atoms with E-state index in [2.05, 4.69) is 9.97 Å². The third kappa shape index (κ3) is 3.15. The van der Waals surface area contributed by atoms with E-state index in [-0.39, 0.29) is 17.8 Å². The van der Waals surface area contributed by atoms with Crippen LogP contribution in [-0.2, 0) is 4.74 Å². The Balaban J connectivity index is 1.70. The van der Waals surface area contributed by atoms with Gasteiger partial charge in [-0.1, -0.05) is 0 Å². The molecule has 1 heterocycles. The van der Waals surface area contributed by atoms with Crippen LogP contribution in [0.4, 0.5) is 0 Å². The summed E-state index contributed by atoms with van der Waals surface area (Å²) < 4.78 is 11.3. The molecular formula is C14H20N2O3. The molecule has 0 amide bonds. The summed E-state index contributed by atoms with van der Waals surface area (Å²) in [5, 5.41) is 0. The minimum atomic E-state index is -0.119. The highest BCUT2D eigenvalue weighted by Gasteiger charge is 2.28. The fourth-order valence-corrected chi connectivity index (χ4v) is 2.66. The van der Waals surface area contributed by atoms with Crippen LogP contribution in [0.25, 0.3) is 0 Å². The first kappa shape index (κ1) is 12.7. The fourth-order valence-electron chi connectivity index (χ4n) is 2.66. The first-order valence-corrected chi connectivity index (χ1v) is 7.05. The molecule has 1 aromatic rings. The monoisotopic (exact) mass is 264 g/mol. The largest absolute Gasteiger partial charge is 0.474 e. The lowest BCUT2D eigenvalue weighted by Gasteiger charge is -2.28. The Kier molecular flexibility index (Phi) is 3.55. The van der Waals surface area contributed by atoms with E-state index in [1.54, 1.807) is 7.11 Å². The molecule has 2 aliphatic carbocycles. The number of ether oxygens (including phenoxy) is 2.